The number of amides is 1. The number of carbonyl (C=O) groups is 1. The maximum atomic E-state index is 12.9. The normalized spacial score (nSPS) is 11.2. The largest absolute Gasteiger partial charge is 0.322 e. The van der Waals surface area contributed by atoms with Gasteiger partial charge in [-0.15, -0.1) is 0 Å². The SMILES string of the molecule is Cc1cccc(NS(=O)(=O)c2cc(C(=O)Nc3ccc(Cl)cc3C)ccc2C)c1. The molecule has 0 atom stereocenters. The highest BCUT2D eigenvalue weighted by Crippen LogP contribution is 2.23. The van der Waals surface area contributed by atoms with Gasteiger partial charge in [0, 0.05) is 22.0 Å². The number of nitrogens with one attached hydrogen (secondary N) is 2. The van der Waals surface area contributed by atoms with Crippen LogP contribution in [0.1, 0.15) is 27.0 Å². The van der Waals surface area contributed by atoms with Crippen LogP contribution in [0, 0.1) is 20.8 Å². The van der Waals surface area contributed by atoms with Gasteiger partial charge in [-0.2, -0.15) is 0 Å². The van der Waals surface area contributed by atoms with Crippen molar-refractivity contribution in [2.75, 3.05) is 10.0 Å². The van der Waals surface area contributed by atoms with Crippen LogP contribution in [0.15, 0.2) is 65.6 Å². The molecule has 0 fully saturated rings. The topological polar surface area (TPSA) is 75.3 Å². The molecule has 0 aromatic heterocycles. The van der Waals surface area contributed by atoms with Crippen LogP contribution in [-0.4, -0.2) is 14.3 Å². The molecule has 0 spiro atoms. The zero-order chi connectivity index (χ0) is 21.2. The smallest absolute Gasteiger partial charge is 0.262 e. The number of hydrogen-bond donors (Lipinski definition) is 2. The molecule has 3 aromatic rings. The van der Waals surface area contributed by atoms with Crippen LogP contribution in [0.2, 0.25) is 5.02 Å². The number of aryl methyl sites for hydroxylation is 3. The van der Waals surface area contributed by atoms with Gasteiger partial charge in [0.1, 0.15) is 0 Å². The van der Waals surface area contributed by atoms with Gasteiger partial charge >= 0.3 is 0 Å². The lowest BCUT2D eigenvalue weighted by molar-refractivity contribution is 0.102. The second-order valence-corrected chi connectivity index (χ2v) is 8.96. The van der Waals surface area contributed by atoms with Gasteiger partial charge in [0.25, 0.3) is 15.9 Å². The Morgan fingerprint density at radius 1 is 0.897 bits per heavy atom. The summed E-state index contributed by atoms with van der Waals surface area (Å²) in [7, 11) is -3.85. The van der Waals surface area contributed by atoms with Crippen LogP contribution in [0.5, 0.6) is 0 Å². The minimum Gasteiger partial charge on any atom is -0.322 e. The molecule has 3 aromatic carbocycles. The summed E-state index contributed by atoms with van der Waals surface area (Å²) < 4.78 is 28.4. The van der Waals surface area contributed by atoms with Crippen molar-refractivity contribution in [3.63, 3.8) is 0 Å². The molecule has 7 heteroatoms. The molecule has 0 saturated heterocycles. The number of hydrogen-bond acceptors (Lipinski definition) is 3. The van der Waals surface area contributed by atoms with E-state index in [1.165, 1.54) is 6.07 Å². The molecule has 0 aliphatic heterocycles. The lowest BCUT2D eigenvalue weighted by Gasteiger charge is -2.13. The molecule has 3 rings (SSSR count). The molecule has 150 valence electrons. The second kappa shape index (κ2) is 8.27. The zero-order valence-electron chi connectivity index (χ0n) is 16.3. The lowest BCUT2D eigenvalue weighted by Crippen LogP contribution is -2.17. The van der Waals surface area contributed by atoms with Crippen molar-refractivity contribution in [3.05, 3.63) is 87.9 Å². The van der Waals surface area contributed by atoms with Crippen LogP contribution in [-0.2, 0) is 10.0 Å². The third-order valence-corrected chi connectivity index (χ3v) is 6.21. The summed E-state index contributed by atoms with van der Waals surface area (Å²) in [6, 6.07) is 16.8. The maximum absolute atomic E-state index is 12.9. The lowest BCUT2D eigenvalue weighted by atomic mass is 10.1. The fourth-order valence-electron chi connectivity index (χ4n) is 2.91. The minimum atomic E-state index is -3.85. The summed E-state index contributed by atoms with van der Waals surface area (Å²) in [6.07, 6.45) is 0. The summed E-state index contributed by atoms with van der Waals surface area (Å²) in [5.41, 5.74) is 3.62. The Hall–Kier alpha value is -2.83. The van der Waals surface area contributed by atoms with E-state index < -0.39 is 15.9 Å². The van der Waals surface area contributed by atoms with Gasteiger partial charge in [0.2, 0.25) is 0 Å². The molecular weight excluding hydrogens is 408 g/mol. The van der Waals surface area contributed by atoms with Crippen molar-refractivity contribution >= 4 is 38.9 Å². The molecule has 0 aliphatic rings. The average Bonchev–Trinajstić information content (AvgIpc) is 2.63. The molecule has 0 bridgehead atoms. The molecule has 0 saturated carbocycles. The number of anilines is 2. The van der Waals surface area contributed by atoms with E-state index in [2.05, 4.69) is 10.0 Å². The number of halogens is 1. The fraction of sp³-hybridized carbons (Fsp3) is 0.136. The van der Waals surface area contributed by atoms with E-state index in [-0.39, 0.29) is 10.5 Å². The van der Waals surface area contributed by atoms with E-state index in [9.17, 15) is 13.2 Å². The Bertz CT molecular complexity index is 1190. The first kappa shape index (κ1) is 20.9. The van der Waals surface area contributed by atoms with Gasteiger partial charge in [0.05, 0.1) is 4.90 Å². The first-order valence-corrected chi connectivity index (χ1v) is 10.8. The summed E-state index contributed by atoms with van der Waals surface area (Å²) in [6.45, 7) is 5.40. The van der Waals surface area contributed by atoms with Crippen molar-refractivity contribution in [2.24, 2.45) is 0 Å². The summed E-state index contributed by atoms with van der Waals surface area (Å²) in [5.74, 6) is -0.401. The van der Waals surface area contributed by atoms with Gasteiger partial charge in [0.15, 0.2) is 0 Å². The molecule has 29 heavy (non-hydrogen) atoms. The summed E-state index contributed by atoms with van der Waals surface area (Å²) >= 11 is 5.95. The Kier molecular flexibility index (Phi) is 5.96. The third kappa shape index (κ3) is 4.96. The van der Waals surface area contributed by atoms with E-state index in [1.807, 2.05) is 19.9 Å². The van der Waals surface area contributed by atoms with E-state index in [0.717, 1.165) is 11.1 Å². The highest BCUT2D eigenvalue weighted by atomic mass is 35.5. The first-order valence-electron chi connectivity index (χ1n) is 8.93. The average molecular weight is 429 g/mol. The second-order valence-electron chi connectivity index (χ2n) is 6.87. The van der Waals surface area contributed by atoms with Crippen molar-refractivity contribution in [1.29, 1.82) is 0 Å². The Labute approximate surface area is 175 Å². The van der Waals surface area contributed by atoms with Gasteiger partial charge in [-0.25, -0.2) is 8.42 Å². The Morgan fingerprint density at radius 2 is 1.66 bits per heavy atom. The maximum Gasteiger partial charge on any atom is 0.262 e. The molecule has 0 radical (unpaired) electrons. The van der Waals surface area contributed by atoms with E-state index in [0.29, 0.717) is 22.0 Å². The van der Waals surface area contributed by atoms with Gasteiger partial charge in [-0.05, 0) is 79.9 Å². The van der Waals surface area contributed by atoms with Crippen LogP contribution in [0.25, 0.3) is 0 Å². The molecule has 0 aliphatic carbocycles. The quantitative estimate of drug-likeness (QED) is 0.577. The van der Waals surface area contributed by atoms with Gasteiger partial charge in [-0.1, -0.05) is 29.8 Å². The van der Waals surface area contributed by atoms with Crippen molar-refractivity contribution in [3.8, 4) is 0 Å². The number of carbonyl (C=O) groups excluding carboxylic acids is 1. The Morgan fingerprint density at radius 3 is 2.34 bits per heavy atom. The van der Waals surface area contributed by atoms with Crippen LogP contribution in [0.3, 0.4) is 0 Å². The fourth-order valence-corrected chi connectivity index (χ4v) is 4.46. The standard InChI is InChI=1S/C22H21ClN2O3S/c1-14-5-4-6-19(11-14)25-29(27,28)21-13-17(8-7-15(21)2)22(26)24-20-10-9-18(23)12-16(20)3/h4-13,25H,1-3H3,(H,24,26). The number of sulfonamides is 1. The van der Waals surface area contributed by atoms with E-state index in [4.69, 9.17) is 11.6 Å². The minimum absolute atomic E-state index is 0.0551. The van der Waals surface area contributed by atoms with Gasteiger partial charge < -0.3 is 5.32 Å². The van der Waals surface area contributed by atoms with Crippen LogP contribution in [0.4, 0.5) is 11.4 Å². The van der Waals surface area contributed by atoms with E-state index >= 15 is 0 Å². The van der Waals surface area contributed by atoms with Gasteiger partial charge in [-0.3, -0.25) is 9.52 Å². The van der Waals surface area contributed by atoms with Crippen molar-refractivity contribution in [1.82, 2.24) is 0 Å². The zero-order valence-corrected chi connectivity index (χ0v) is 17.9. The molecular formula is C22H21ClN2O3S. The molecule has 0 heterocycles. The third-order valence-electron chi connectivity index (χ3n) is 4.45. The number of benzene rings is 3. The monoisotopic (exact) mass is 428 g/mol. The highest BCUT2D eigenvalue weighted by molar-refractivity contribution is 7.92. The first-order chi connectivity index (χ1) is 13.7. The molecule has 2 N–H and O–H groups in total. The molecule has 5 nitrogen and oxygen atoms in total. The molecule has 1 amide bonds. The summed E-state index contributed by atoms with van der Waals surface area (Å²) in [5, 5.41) is 3.37. The summed E-state index contributed by atoms with van der Waals surface area (Å²) in [4.78, 5) is 12.7. The predicted molar refractivity (Wildman–Crippen MR) is 117 cm³/mol. The van der Waals surface area contributed by atoms with Crippen LogP contribution < -0.4 is 10.0 Å². The predicted octanol–water partition coefficient (Wildman–Crippen LogP) is 5.32. The molecule has 0 unspecified atom stereocenters. The number of rotatable bonds is 5. The van der Waals surface area contributed by atoms with Crippen molar-refractivity contribution < 1.29 is 13.2 Å². The van der Waals surface area contributed by atoms with Crippen LogP contribution >= 0.6 is 11.6 Å². The van der Waals surface area contributed by atoms with Crippen molar-refractivity contribution in [2.45, 2.75) is 25.7 Å². The van der Waals surface area contributed by atoms with E-state index in [1.54, 1.807) is 55.5 Å². The Balaban J connectivity index is 1.89. The highest BCUT2D eigenvalue weighted by Gasteiger charge is 2.20.